The summed E-state index contributed by atoms with van der Waals surface area (Å²) in [5, 5.41) is 0. The van der Waals surface area contributed by atoms with E-state index >= 15 is 0 Å². The van der Waals surface area contributed by atoms with Crippen LogP contribution in [-0.4, -0.2) is 24.4 Å². The van der Waals surface area contributed by atoms with E-state index in [0.717, 1.165) is 25.8 Å². The molecule has 84 valence electrons. The van der Waals surface area contributed by atoms with Crippen molar-refractivity contribution in [1.29, 1.82) is 0 Å². The smallest absolute Gasteiger partial charge is 0.289 e. The van der Waals surface area contributed by atoms with Crippen molar-refractivity contribution >= 4 is 21.8 Å². The largest absolute Gasteiger partial charge is 0.444 e. The zero-order valence-corrected chi connectivity index (χ0v) is 10.7. The lowest BCUT2D eigenvalue weighted by molar-refractivity contribution is 0.0760. The standard InChI is InChI=1S/C11H16BrNO2/c1-3-4-5-8-13(2)11(14)9-6-7-10(12)15-9/h6-7H,3-5,8H2,1-2H3. The summed E-state index contributed by atoms with van der Waals surface area (Å²) in [5.74, 6) is 0.331. The van der Waals surface area contributed by atoms with Gasteiger partial charge in [0.25, 0.3) is 5.91 Å². The molecule has 1 amide bonds. The second kappa shape index (κ2) is 5.95. The Morgan fingerprint density at radius 2 is 2.20 bits per heavy atom. The molecule has 0 fully saturated rings. The van der Waals surface area contributed by atoms with E-state index in [1.165, 1.54) is 0 Å². The number of furan rings is 1. The molecule has 0 saturated heterocycles. The Labute approximate surface area is 98.6 Å². The average molecular weight is 274 g/mol. The van der Waals surface area contributed by atoms with Gasteiger partial charge in [-0.3, -0.25) is 4.79 Å². The quantitative estimate of drug-likeness (QED) is 0.772. The predicted molar refractivity (Wildman–Crippen MR) is 62.9 cm³/mol. The minimum Gasteiger partial charge on any atom is -0.444 e. The van der Waals surface area contributed by atoms with Gasteiger partial charge in [0.15, 0.2) is 10.4 Å². The molecule has 0 N–H and O–H groups in total. The molecular weight excluding hydrogens is 258 g/mol. The molecule has 0 unspecified atom stereocenters. The number of hydrogen-bond acceptors (Lipinski definition) is 2. The van der Waals surface area contributed by atoms with Crippen molar-refractivity contribution in [3.05, 3.63) is 22.6 Å². The normalized spacial score (nSPS) is 10.3. The molecule has 0 aliphatic carbocycles. The molecule has 1 rings (SSSR count). The third-order valence-corrected chi connectivity index (χ3v) is 2.65. The topological polar surface area (TPSA) is 33.5 Å². The van der Waals surface area contributed by atoms with E-state index in [0.29, 0.717) is 10.4 Å². The van der Waals surface area contributed by atoms with Gasteiger partial charge in [-0.1, -0.05) is 19.8 Å². The van der Waals surface area contributed by atoms with Gasteiger partial charge in [0, 0.05) is 13.6 Å². The molecule has 0 atom stereocenters. The lowest BCUT2D eigenvalue weighted by Crippen LogP contribution is -2.27. The summed E-state index contributed by atoms with van der Waals surface area (Å²) in [6, 6.07) is 3.41. The molecule has 0 aromatic carbocycles. The van der Waals surface area contributed by atoms with Crippen molar-refractivity contribution in [3.8, 4) is 0 Å². The van der Waals surface area contributed by atoms with E-state index < -0.39 is 0 Å². The number of carbonyl (C=O) groups is 1. The van der Waals surface area contributed by atoms with Crippen molar-refractivity contribution in [2.45, 2.75) is 26.2 Å². The summed E-state index contributed by atoms with van der Waals surface area (Å²) in [7, 11) is 1.80. The van der Waals surface area contributed by atoms with Gasteiger partial charge in [-0.25, -0.2) is 0 Å². The molecule has 0 radical (unpaired) electrons. The maximum absolute atomic E-state index is 11.8. The Bertz CT molecular complexity index is 322. The van der Waals surface area contributed by atoms with Crippen LogP contribution >= 0.6 is 15.9 Å². The number of halogens is 1. The Morgan fingerprint density at radius 3 is 2.73 bits per heavy atom. The van der Waals surface area contributed by atoms with E-state index in [2.05, 4.69) is 22.9 Å². The Balaban J connectivity index is 2.46. The van der Waals surface area contributed by atoms with Crippen LogP contribution in [0.4, 0.5) is 0 Å². The number of amides is 1. The van der Waals surface area contributed by atoms with Gasteiger partial charge in [0.2, 0.25) is 0 Å². The number of rotatable bonds is 5. The monoisotopic (exact) mass is 273 g/mol. The molecule has 3 nitrogen and oxygen atoms in total. The average Bonchev–Trinajstić information content (AvgIpc) is 2.64. The third-order valence-electron chi connectivity index (χ3n) is 2.23. The number of unbranched alkanes of at least 4 members (excludes halogenated alkanes) is 2. The van der Waals surface area contributed by atoms with Gasteiger partial charge in [-0.15, -0.1) is 0 Å². The van der Waals surface area contributed by atoms with Crippen LogP contribution < -0.4 is 0 Å². The minimum absolute atomic E-state index is 0.0585. The maximum atomic E-state index is 11.8. The van der Waals surface area contributed by atoms with Gasteiger partial charge in [0.1, 0.15) is 0 Å². The summed E-state index contributed by atoms with van der Waals surface area (Å²) in [4.78, 5) is 13.5. The first-order chi connectivity index (χ1) is 7.15. The van der Waals surface area contributed by atoms with Crippen LogP contribution in [0, 0.1) is 0 Å². The number of carbonyl (C=O) groups excluding carboxylic acids is 1. The van der Waals surface area contributed by atoms with Crippen molar-refractivity contribution in [3.63, 3.8) is 0 Å². The summed E-state index contributed by atoms with van der Waals surface area (Å²) in [6.07, 6.45) is 3.36. The van der Waals surface area contributed by atoms with Gasteiger partial charge in [0.05, 0.1) is 0 Å². The van der Waals surface area contributed by atoms with Crippen molar-refractivity contribution in [1.82, 2.24) is 4.90 Å². The van der Waals surface area contributed by atoms with E-state index in [1.54, 1.807) is 24.1 Å². The Hall–Kier alpha value is -0.770. The minimum atomic E-state index is -0.0585. The van der Waals surface area contributed by atoms with E-state index in [1.807, 2.05) is 0 Å². The van der Waals surface area contributed by atoms with Crippen molar-refractivity contribution in [2.75, 3.05) is 13.6 Å². The van der Waals surface area contributed by atoms with Gasteiger partial charge in [-0.05, 0) is 34.5 Å². The molecule has 0 spiro atoms. The van der Waals surface area contributed by atoms with Crippen LogP contribution in [-0.2, 0) is 0 Å². The number of hydrogen-bond donors (Lipinski definition) is 0. The summed E-state index contributed by atoms with van der Waals surface area (Å²) >= 11 is 3.18. The Morgan fingerprint density at radius 1 is 1.47 bits per heavy atom. The highest BCUT2D eigenvalue weighted by atomic mass is 79.9. The fourth-order valence-corrected chi connectivity index (χ4v) is 1.62. The van der Waals surface area contributed by atoms with Gasteiger partial charge in [-0.2, -0.15) is 0 Å². The highest BCUT2D eigenvalue weighted by Crippen LogP contribution is 2.15. The highest BCUT2D eigenvalue weighted by Gasteiger charge is 2.14. The lowest BCUT2D eigenvalue weighted by atomic mass is 10.2. The van der Waals surface area contributed by atoms with E-state index in [-0.39, 0.29) is 5.91 Å². The molecule has 0 saturated carbocycles. The molecular formula is C11H16BrNO2. The summed E-state index contributed by atoms with van der Waals surface area (Å²) in [6.45, 7) is 2.93. The SMILES string of the molecule is CCCCCN(C)C(=O)c1ccc(Br)o1. The van der Waals surface area contributed by atoms with Crippen LogP contribution in [0.1, 0.15) is 36.7 Å². The molecule has 1 aromatic heterocycles. The second-order valence-corrected chi connectivity index (χ2v) is 4.32. The van der Waals surface area contributed by atoms with E-state index in [4.69, 9.17) is 4.42 Å². The zero-order chi connectivity index (χ0) is 11.3. The molecule has 0 aliphatic rings. The fourth-order valence-electron chi connectivity index (χ4n) is 1.32. The first-order valence-electron chi connectivity index (χ1n) is 5.16. The summed E-state index contributed by atoms with van der Waals surface area (Å²) < 4.78 is 5.79. The highest BCUT2D eigenvalue weighted by molar-refractivity contribution is 9.10. The number of nitrogens with zero attached hydrogens (tertiary/aromatic N) is 1. The van der Waals surface area contributed by atoms with Crippen LogP contribution in [0.15, 0.2) is 21.2 Å². The molecule has 15 heavy (non-hydrogen) atoms. The second-order valence-electron chi connectivity index (χ2n) is 3.54. The first-order valence-corrected chi connectivity index (χ1v) is 5.95. The summed E-state index contributed by atoms with van der Waals surface area (Å²) in [5.41, 5.74) is 0. The predicted octanol–water partition coefficient (Wildman–Crippen LogP) is 3.30. The first kappa shape index (κ1) is 12.3. The van der Waals surface area contributed by atoms with Crippen molar-refractivity contribution in [2.24, 2.45) is 0 Å². The molecule has 0 aliphatic heterocycles. The van der Waals surface area contributed by atoms with Crippen LogP contribution in [0.25, 0.3) is 0 Å². The van der Waals surface area contributed by atoms with Crippen LogP contribution in [0.2, 0.25) is 0 Å². The zero-order valence-electron chi connectivity index (χ0n) is 9.12. The molecule has 0 bridgehead atoms. The maximum Gasteiger partial charge on any atom is 0.289 e. The van der Waals surface area contributed by atoms with Crippen molar-refractivity contribution < 1.29 is 9.21 Å². The molecule has 1 aromatic rings. The Kier molecular flexibility index (Phi) is 4.88. The lowest BCUT2D eigenvalue weighted by Gasteiger charge is -2.14. The molecule has 4 heteroatoms. The van der Waals surface area contributed by atoms with E-state index in [9.17, 15) is 4.79 Å². The van der Waals surface area contributed by atoms with Gasteiger partial charge >= 0.3 is 0 Å². The molecule has 1 heterocycles. The third kappa shape index (κ3) is 3.70. The van der Waals surface area contributed by atoms with Gasteiger partial charge < -0.3 is 9.32 Å². The van der Waals surface area contributed by atoms with Crippen LogP contribution in [0.5, 0.6) is 0 Å². The fraction of sp³-hybridized carbons (Fsp3) is 0.545. The van der Waals surface area contributed by atoms with Crippen LogP contribution in [0.3, 0.4) is 0 Å².